The number of likely N-dealkylation sites (tertiary alicyclic amines) is 1. The SMILES string of the molecule is CNc1cc(C(=O)N2CCC(C)C2)cc(C)n1. The third-order valence-corrected chi connectivity index (χ3v) is 3.17. The van der Waals surface area contributed by atoms with Gasteiger partial charge >= 0.3 is 0 Å². The number of anilines is 1. The highest BCUT2D eigenvalue weighted by Crippen LogP contribution is 2.19. The Morgan fingerprint density at radius 3 is 2.88 bits per heavy atom. The Hall–Kier alpha value is -1.58. The lowest BCUT2D eigenvalue weighted by molar-refractivity contribution is 0.0788. The lowest BCUT2D eigenvalue weighted by Gasteiger charge is -2.16. The average Bonchev–Trinajstić information content (AvgIpc) is 2.74. The summed E-state index contributed by atoms with van der Waals surface area (Å²) in [6, 6.07) is 3.67. The van der Waals surface area contributed by atoms with Crippen LogP contribution in [0.5, 0.6) is 0 Å². The molecule has 0 aromatic carbocycles. The molecule has 17 heavy (non-hydrogen) atoms. The van der Waals surface area contributed by atoms with Crippen molar-refractivity contribution < 1.29 is 4.79 Å². The van der Waals surface area contributed by atoms with E-state index in [0.717, 1.165) is 36.6 Å². The van der Waals surface area contributed by atoms with Crippen LogP contribution in [0.4, 0.5) is 5.82 Å². The standard InChI is InChI=1S/C13H19N3O/c1-9-4-5-16(8-9)13(17)11-6-10(2)15-12(7-11)14-3/h6-7,9H,4-5,8H2,1-3H3,(H,14,15). The highest BCUT2D eigenvalue weighted by atomic mass is 16.2. The largest absolute Gasteiger partial charge is 0.373 e. The van der Waals surface area contributed by atoms with Crippen molar-refractivity contribution in [3.63, 3.8) is 0 Å². The van der Waals surface area contributed by atoms with E-state index in [1.165, 1.54) is 0 Å². The summed E-state index contributed by atoms with van der Waals surface area (Å²) < 4.78 is 0. The Balaban J connectivity index is 2.21. The van der Waals surface area contributed by atoms with Crippen LogP contribution in [0.25, 0.3) is 0 Å². The van der Waals surface area contributed by atoms with Gasteiger partial charge in [0.2, 0.25) is 0 Å². The van der Waals surface area contributed by atoms with E-state index < -0.39 is 0 Å². The molecule has 0 aliphatic carbocycles. The molecule has 1 saturated heterocycles. The van der Waals surface area contributed by atoms with Crippen molar-refractivity contribution in [3.05, 3.63) is 23.4 Å². The maximum absolute atomic E-state index is 12.3. The summed E-state index contributed by atoms with van der Waals surface area (Å²) in [5, 5.41) is 2.98. The molecule has 0 spiro atoms. The predicted molar refractivity (Wildman–Crippen MR) is 68.2 cm³/mol. The molecular formula is C13H19N3O. The van der Waals surface area contributed by atoms with Gasteiger partial charge in [-0.3, -0.25) is 4.79 Å². The third-order valence-electron chi connectivity index (χ3n) is 3.17. The summed E-state index contributed by atoms with van der Waals surface area (Å²) in [4.78, 5) is 18.5. The van der Waals surface area contributed by atoms with Crippen LogP contribution in [-0.2, 0) is 0 Å². The number of pyridine rings is 1. The zero-order valence-corrected chi connectivity index (χ0v) is 10.7. The second kappa shape index (κ2) is 4.73. The molecule has 1 aromatic rings. The molecule has 1 amide bonds. The first-order chi connectivity index (χ1) is 8.10. The number of amides is 1. The van der Waals surface area contributed by atoms with E-state index in [9.17, 15) is 4.79 Å². The van der Waals surface area contributed by atoms with Crippen LogP contribution in [0.3, 0.4) is 0 Å². The second-order valence-corrected chi connectivity index (χ2v) is 4.78. The van der Waals surface area contributed by atoms with Gasteiger partial charge in [-0.25, -0.2) is 4.98 Å². The van der Waals surface area contributed by atoms with Crippen molar-refractivity contribution in [1.29, 1.82) is 0 Å². The molecule has 2 heterocycles. The zero-order chi connectivity index (χ0) is 12.4. The van der Waals surface area contributed by atoms with Crippen LogP contribution < -0.4 is 5.32 Å². The quantitative estimate of drug-likeness (QED) is 0.848. The number of aryl methyl sites for hydroxylation is 1. The van der Waals surface area contributed by atoms with Gasteiger partial charge in [0.25, 0.3) is 5.91 Å². The van der Waals surface area contributed by atoms with Gasteiger partial charge in [0.15, 0.2) is 0 Å². The topological polar surface area (TPSA) is 45.2 Å². The van der Waals surface area contributed by atoms with E-state index in [-0.39, 0.29) is 5.91 Å². The molecule has 92 valence electrons. The Labute approximate surface area is 102 Å². The molecule has 1 N–H and O–H groups in total. The molecule has 1 aliphatic heterocycles. The van der Waals surface area contributed by atoms with E-state index in [1.54, 1.807) is 0 Å². The number of aromatic nitrogens is 1. The second-order valence-electron chi connectivity index (χ2n) is 4.78. The molecule has 0 radical (unpaired) electrons. The minimum Gasteiger partial charge on any atom is -0.373 e. The maximum Gasteiger partial charge on any atom is 0.254 e. The number of hydrogen-bond acceptors (Lipinski definition) is 3. The molecule has 1 aliphatic rings. The molecule has 1 aromatic heterocycles. The highest BCUT2D eigenvalue weighted by molar-refractivity contribution is 5.95. The van der Waals surface area contributed by atoms with Gasteiger partial charge in [-0.1, -0.05) is 6.92 Å². The molecule has 2 rings (SSSR count). The van der Waals surface area contributed by atoms with Crippen molar-refractivity contribution in [2.75, 3.05) is 25.5 Å². The van der Waals surface area contributed by atoms with Crippen molar-refractivity contribution >= 4 is 11.7 Å². The van der Waals surface area contributed by atoms with Crippen molar-refractivity contribution in [2.24, 2.45) is 5.92 Å². The average molecular weight is 233 g/mol. The van der Waals surface area contributed by atoms with Gasteiger partial charge in [0, 0.05) is 31.4 Å². The van der Waals surface area contributed by atoms with Gasteiger partial charge < -0.3 is 10.2 Å². The minimum absolute atomic E-state index is 0.122. The molecule has 4 heteroatoms. The monoisotopic (exact) mass is 233 g/mol. The van der Waals surface area contributed by atoms with Crippen LogP contribution in [0.1, 0.15) is 29.4 Å². The normalized spacial score (nSPS) is 19.5. The molecule has 0 saturated carbocycles. The van der Waals surface area contributed by atoms with Crippen LogP contribution in [-0.4, -0.2) is 35.9 Å². The summed E-state index contributed by atoms with van der Waals surface area (Å²) in [5.74, 6) is 1.49. The number of rotatable bonds is 2. The van der Waals surface area contributed by atoms with Crippen molar-refractivity contribution in [3.8, 4) is 0 Å². The van der Waals surface area contributed by atoms with E-state index in [4.69, 9.17) is 0 Å². The first-order valence-electron chi connectivity index (χ1n) is 6.06. The summed E-state index contributed by atoms with van der Waals surface area (Å²) in [6.07, 6.45) is 1.11. The van der Waals surface area contributed by atoms with Gasteiger partial charge in [-0.15, -0.1) is 0 Å². The van der Waals surface area contributed by atoms with E-state index in [0.29, 0.717) is 5.92 Å². The van der Waals surface area contributed by atoms with E-state index in [1.807, 2.05) is 31.0 Å². The number of hydrogen-bond donors (Lipinski definition) is 1. The number of carbonyl (C=O) groups is 1. The van der Waals surface area contributed by atoms with Gasteiger partial charge in [0.1, 0.15) is 5.82 Å². The Morgan fingerprint density at radius 1 is 1.53 bits per heavy atom. The Morgan fingerprint density at radius 2 is 2.29 bits per heavy atom. The fraction of sp³-hybridized carbons (Fsp3) is 0.538. The van der Waals surface area contributed by atoms with Crippen LogP contribution in [0, 0.1) is 12.8 Å². The molecular weight excluding hydrogens is 214 g/mol. The molecule has 0 bridgehead atoms. The predicted octanol–water partition coefficient (Wildman–Crippen LogP) is 1.91. The first-order valence-corrected chi connectivity index (χ1v) is 6.06. The lowest BCUT2D eigenvalue weighted by Crippen LogP contribution is -2.28. The van der Waals surface area contributed by atoms with Crippen LogP contribution >= 0.6 is 0 Å². The summed E-state index contributed by atoms with van der Waals surface area (Å²) in [5.41, 5.74) is 1.60. The molecule has 1 atom stereocenters. The number of carbonyl (C=O) groups excluding carboxylic acids is 1. The van der Waals surface area contributed by atoms with E-state index >= 15 is 0 Å². The van der Waals surface area contributed by atoms with Crippen molar-refractivity contribution in [2.45, 2.75) is 20.3 Å². The van der Waals surface area contributed by atoms with Crippen LogP contribution in [0.2, 0.25) is 0 Å². The highest BCUT2D eigenvalue weighted by Gasteiger charge is 2.24. The smallest absolute Gasteiger partial charge is 0.254 e. The molecule has 1 fully saturated rings. The van der Waals surface area contributed by atoms with E-state index in [2.05, 4.69) is 17.2 Å². The Bertz CT molecular complexity index is 431. The Kier molecular flexibility index (Phi) is 3.31. The third kappa shape index (κ3) is 2.57. The molecule has 4 nitrogen and oxygen atoms in total. The summed E-state index contributed by atoms with van der Waals surface area (Å²) in [7, 11) is 1.81. The maximum atomic E-state index is 12.3. The van der Waals surface area contributed by atoms with Gasteiger partial charge in [-0.2, -0.15) is 0 Å². The molecule has 1 unspecified atom stereocenters. The minimum atomic E-state index is 0.122. The summed E-state index contributed by atoms with van der Waals surface area (Å²) in [6.45, 7) is 5.83. The summed E-state index contributed by atoms with van der Waals surface area (Å²) >= 11 is 0. The fourth-order valence-corrected chi connectivity index (χ4v) is 2.22. The fourth-order valence-electron chi connectivity index (χ4n) is 2.22. The zero-order valence-electron chi connectivity index (χ0n) is 10.7. The first kappa shape index (κ1) is 11.9. The van der Waals surface area contributed by atoms with Gasteiger partial charge in [-0.05, 0) is 31.4 Å². The lowest BCUT2D eigenvalue weighted by atomic mass is 10.2. The van der Waals surface area contributed by atoms with Gasteiger partial charge in [0.05, 0.1) is 0 Å². The van der Waals surface area contributed by atoms with Crippen molar-refractivity contribution in [1.82, 2.24) is 9.88 Å². The number of nitrogens with one attached hydrogen (secondary N) is 1. The number of nitrogens with zero attached hydrogens (tertiary/aromatic N) is 2. The van der Waals surface area contributed by atoms with Crippen LogP contribution in [0.15, 0.2) is 12.1 Å².